The van der Waals surface area contributed by atoms with Gasteiger partial charge in [-0.1, -0.05) is 30.3 Å². The molecule has 0 atom stereocenters. The third-order valence-electron chi connectivity index (χ3n) is 5.43. The summed E-state index contributed by atoms with van der Waals surface area (Å²) in [7, 11) is 3.34. The minimum atomic E-state index is -0.547. The first-order valence-electron chi connectivity index (χ1n) is 10.8. The van der Waals surface area contributed by atoms with Crippen molar-refractivity contribution >= 4 is 28.8 Å². The van der Waals surface area contributed by atoms with Crippen LogP contribution in [0.5, 0.6) is 0 Å². The number of hydrogen-bond acceptors (Lipinski definition) is 7. The van der Waals surface area contributed by atoms with Crippen LogP contribution >= 0.6 is 0 Å². The number of nitro benzene ring substituents is 1. The zero-order valence-electron chi connectivity index (χ0n) is 19.4. The Balaban J connectivity index is 1.63. The van der Waals surface area contributed by atoms with Crippen LogP contribution in [0.25, 0.3) is 11.3 Å². The highest BCUT2D eigenvalue weighted by atomic mass is 16.6. The van der Waals surface area contributed by atoms with E-state index in [2.05, 4.69) is 15.5 Å². The van der Waals surface area contributed by atoms with Gasteiger partial charge in [-0.3, -0.25) is 24.5 Å². The molecule has 0 fully saturated rings. The summed E-state index contributed by atoms with van der Waals surface area (Å²) in [5.41, 5.74) is 1.80. The molecule has 0 radical (unpaired) electrons. The molecule has 1 aromatic heterocycles. The third-order valence-corrected chi connectivity index (χ3v) is 5.43. The number of hydrogen-bond donors (Lipinski definition) is 2. The lowest BCUT2D eigenvalue weighted by molar-refractivity contribution is -0.384. The highest BCUT2D eigenvalue weighted by molar-refractivity contribution is 6.18. The van der Waals surface area contributed by atoms with Crippen molar-refractivity contribution in [2.24, 2.45) is 0 Å². The van der Waals surface area contributed by atoms with Crippen LogP contribution in [0.1, 0.15) is 26.3 Å². The molecule has 36 heavy (non-hydrogen) atoms. The van der Waals surface area contributed by atoms with Crippen LogP contribution in [0.3, 0.4) is 0 Å². The Morgan fingerprint density at radius 3 is 2.36 bits per heavy atom. The average Bonchev–Trinajstić information content (AvgIpc) is 2.88. The van der Waals surface area contributed by atoms with Gasteiger partial charge in [0, 0.05) is 48.6 Å². The van der Waals surface area contributed by atoms with Crippen LogP contribution in [0, 0.1) is 10.1 Å². The molecule has 0 spiro atoms. The molecule has 0 aliphatic heterocycles. The number of H-pyrrole nitrogens is 1. The number of nitrogens with one attached hydrogen (secondary N) is 2. The molecule has 2 N–H and O–H groups in total. The Bertz CT molecular complexity index is 1520. The van der Waals surface area contributed by atoms with Gasteiger partial charge in [-0.25, -0.2) is 5.10 Å². The number of carbonyl (C=O) groups is 2. The zero-order chi connectivity index (χ0) is 25.8. The fourth-order valence-corrected chi connectivity index (χ4v) is 3.68. The molecule has 0 unspecified atom stereocenters. The topological polar surface area (TPSA) is 138 Å². The van der Waals surface area contributed by atoms with E-state index in [0.29, 0.717) is 22.6 Å². The Morgan fingerprint density at radius 1 is 0.944 bits per heavy atom. The van der Waals surface area contributed by atoms with Crippen LogP contribution < -0.4 is 15.8 Å². The first kappa shape index (κ1) is 24.0. The lowest BCUT2D eigenvalue weighted by Gasteiger charge is -2.14. The van der Waals surface area contributed by atoms with E-state index in [1.54, 1.807) is 61.5 Å². The van der Waals surface area contributed by atoms with Crippen molar-refractivity contribution in [3.63, 3.8) is 0 Å². The van der Waals surface area contributed by atoms with E-state index in [0.717, 1.165) is 0 Å². The van der Waals surface area contributed by atoms with E-state index in [4.69, 9.17) is 0 Å². The van der Waals surface area contributed by atoms with Crippen molar-refractivity contribution in [1.82, 2.24) is 10.2 Å². The van der Waals surface area contributed by atoms with Gasteiger partial charge < -0.3 is 10.2 Å². The molecule has 0 saturated heterocycles. The molecule has 1 amide bonds. The highest BCUT2D eigenvalue weighted by Gasteiger charge is 2.23. The van der Waals surface area contributed by atoms with Crippen molar-refractivity contribution in [2.45, 2.75) is 0 Å². The van der Waals surface area contributed by atoms with E-state index < -0.39 is 16.6 Å². The van der Waals surface area contributed by atoms with E-state index >= 15 is 0 Å². The number of benzene rings is 3. The van der Waals surface area contributed by atoms with E-state index in [9.17, 15) is 24.5 Å². The average molecular weight is 483 g/mol. The molecule has 0 bridgehead atoms. The quantitative estimate of drug-likeness (QED) is 0.231. The third kappa shape index (κ3) is 5.02. The van der Waals surface area contributed by atoms with Crippen molar-refractivity contribution in [1.29, 1.82) is 0 Å². The number of nitro groups is 1. The Kier molecular flexibility index (Phi) is 6.68. The number of aromatic amines is 1. The molecule has 10 nitrogen and oxygen atoms in total. The van der Waals surface area contributed by atoms with Gasteiger partial charge in [0.2, 0.25) is 0 Å². The van der Waals surface area contributed by atoms with Crippen LogP contribution in [0.4, 0.5) is 17.1 Å². The maximum Gasteiger partial charge on any atom is 0.293 e. The predicted octanol–water partition coefficient (Wildman–Crippen LogP) is 3.89. The van der Waals surface area contributed by atoms with Crippen molar-refractivity contribution in [3.05, 3.63) is 116 Å². The summed E-state index contributed by atoms with van der Waals surface area (Å²) in [4.78, 5) is 50.3. The molecule has 3 aromatic carbocycles. The molecular weight excluding hydrogens is 462 g/mol. The predicted molar refractivity (Wildman–Crippen MR) is 136 cm³/mol. The summed E-state index contributed by atoms with van der Waals surface area (Å²) in [6, 6.07) is 20.3. The van der Waals surface area contributed by atoms with Gasteiger partial charge >= 0.3 is 0 Å². The molecule has 4 aromatic rings. The molecule has 180 valence electrons. The molecule has 0 aliphatic carbocycles. The number of anilines is 2. The Hall–Kier alpha value is -5.12. The SMILES string of the molecule is CN(C)c1ccc(C(=O)c2ccccc2C(=O)Nc2cccc(-c3ccc(=O)[nH]n3)c2)cc1[N+](=O)[O-]. The Labute approximate surface area is 205 Å². The molecule has 0 saturated carbocycles. The van der Waals surface area contributed by atoms with Gasteiger partial charge in [-0.2, -0.15) is 5.10 Å². The zero-order valence-corrected chi connectivity index (χ0v) is 19.4. The lowest BCUT2D eigenvalue weighted by Crippen LogP contribution is -2.17. The van der Waals surface area contributed by atoms with Gasteiger partial charge in [-0.05, 0) is 36.4 Å². The molecule has 4 rings (SSSR count). The summed E-state index contributed by atoms with van der Waals surface area (Å²) in [6.07, 6.45) is 0. The first-order chi connectivity index (χ1) is 17.2. The first-order valence-corrected chi connectivity index (χ1v) is 10.8. The summed E-state index contributed by atoms with van der Waals surface area (Å²) in [5, 5.41) is 20.7. The van der Waals surface area contributed by atoms with Crippen molar-refractivity contribution in [3.8, 4) is 11.3 Å². The summed E-state index contributed by atoms with van der Waals surface area (Å²) in [6.45, 7) is 0. The molecular formula is C26H21N5O5. The largest absolute Gasteiger partial charge is 0.372 e. The molecule has 1 heterocycles. The normalized spacial score (nSPS) is 10.5. The summed E-state index contributed by atoms with van der Waals surface area (Å²) >= 11 is 0. The maximum atomic E-state index is 13.3. The molecule has 0 aliphatic rings. The van der Waals surface area contributed by atoms with Crippen LogP contribution in [0.15, 0.2) is 83.7 Å². The van der Waals surface area contributed by atoms with Crippen molar-refractivity contribution < 1.29 is 14.5 Å². The molecule has 10 heteroatoms. The number of carbonyl (C=O) groups excluding carboxylic acids is 2. The standard InChI is InChI=1S/C26H21N5O5/c1-30(2)22-12-10-17(15-23(22)31(35)36)25(33)19-8-3-4-9-20(19)26(34)27-18-7-5-6-16(14-18)21-11-13-24(32)29-28-21/h3-15H,1-2H3,(H,27,34)(H,29,32). The van der Waals surface area contributed by atoms with Crippen molar-refractivity contribution in [2.75, 3.05) is 24.3 Å². The minimum Gasteiger partial charge on any atom is -0.372 e. The monoisotopic (exact) mass is 483 g/mol. The lowest BCUT2D eigenvalue weighted by atomic mass is 9.97. The summed E-state index contributed by atoms with van der Waals surface area (Å²) in [5.74, 6) is -1.04. The second kappa shape index (κ2) is 10.0. The van der Waals surface area contributed by atoms with Gasteiger partial charge in [-0.15, -0.1) is 0 Å². The minimum absolute atomic E-state index is 0.0960. The number of aromatic nitrogens is 2. The Morgan fingerprint density at radius 2 is 1.69 bits per heavy atom. The van der Waals surface area contributed by atoms with Gasteiger partial charge in [0.1, 0.15) is 5.69 Å². The summed E-state index contributed by atoms with van der Waals surface area (Å²) < 4.78 is 0. The van der Waals surface area contributed by atoms with E-state index in [1.807, 2.05) is 0 Å². The van der Waals surface area contributed by atoms with Gasteiger partial charge in [0.15, 0.2) is 5.78 Å². The second-order valence-electron chi connectivity index (χ2n) is 8.07. The number of rotatable bonds is 7. The van der Waals surface area contributed by atoms with E-state index in [1.165, 1.54) is 36.4 Å². The fraction of sp³-hybridized carbons (Fsp3) is 0.0769. The van der Waals surface area contributed by atoms with Crippen LogP contribution in [0.2, 0.25) is 0 Å². The fourth-order valence-electron chi connectivity index (χ4n) is 3.68. The maximum absolute atomic E-state index is 13.3. The number of ketones is 1. The smallest absolute Gasteiger partial charge is 0.293 e. The van der Waals surface area contributed by atoms with Gasteiger partial charge in [0.05, 0.1) is 16.2 Å². The van der Waals surface area contributed by atoms with Gasteiger partial charge in [0.25, 0.3) is 17.2 Å². The van der Waals surface area contributed by atoms with Crippen LogP contribution in [-0.2, 0) is 0 Å². The van der Waals surface area contributed by atoms with Crippen LogP contribution in [-0.4, -0.2) is 40.9 Å². The number of amides is 1. The highest BCUT2D eigenvalue weighted by Crippen LogP contribution is 2.29. The van der Waals surface area contributed by atoms with E-state index in [-0.39, 0.29) is 27.9 Å². The second-order valence-corrected chi connectivity index (χ2v) is 8.07. The number of nitrogens with zero attached hydrogens (tertiary/aromatic N) is 3.